The molecule has 0 aliphatic heterocycles. The lowest BCUT2D eigenvalue weighted by Crippen LogP contribution is -2.49. The summed E-state index contributed by atoms with van der Waals surface area (Å²) < 4.78 is 16.1. The minimum atomic E-state index is -0.919. The van der Waals surface area contributed by atoms with Crippen LogP contribution in [0.5, 0.6) is 5.75 Å². The van der Waals surface area contributed by atoms with Gasteiger partial charge in [0.2, 0.25) is 0 Å². The average Bonchev–Trinajstić information content (AvgIpc) is 3.38. The summed E-state index contributed by atoms with van der Waals surface area (Å²) in [5, 5.41) is 7.40. The van der Waals surface area contributed by atoms with Crippen LogP contribution in [0.4, 0.5) is 0 Å². The number of esters is 1. The summed E-state index contributed by atoms with van der Waals surface area (Å²) in [7, 11) is 1.32. The number of rotatable bonds is 11. The molecule has 0 radical (unpaired) electrons. The lowest BCUT2D eigenvalue weighted by Gasteiger charge is -2.22. The largest absolute Gasteiger partial charge is 0.479 e. The second-order valence-electron chi connectivity index (χ2n) is 9.03. The predicted octanol–water partition coefficient (Wildman–Crippen LogP) is 5.49. The summed E-state index contributed by atoms with van der Waals surface area (Å²) in [4.78, 5) is 37.2. The lowest BCUT2D eigenvalue weighted by atomic mass is 10.0. The van der Waals surface area contributed by atoms with Gasteiger partial charge in [-0.05, 0) is 61.7 Å². The van der Waals surface area contributed by atoms with Crippen molar-refractivity contribution in [1.29, 1.82) is 0 Å². The van der Waals surface area contributed by atoms with E-state index in [1.54, 1.807) is 55.5 Å². The summed E-state index contributed by atoms with van der Waals surface area (Å²) in [6.45, 7) is 5.43. The molecule has 0 saturated heterocycles. The molecular formula is C28H29Cl2N3O6. The fourth-order valence-corrected chi connectivity index (χ4v) is 3.96. The Morgan fingerprint density at radius 1 is 1.00 bits per heavy atom. The Morgan fingerprint density at radius 2 is 1.72 bits per heavy atom. The number of nitrogens with zero attached hydrogens (tertiary/aromatic N) is 1. The summed E-state index contributed by atoms with van der Waals surface area (Å²) >= 11 is 12.0. The maximum atomic E-state index is 12.8. The Labute approximate surface area is 236 Å². The number of hydrogen-bond donors (Lipinski definition) is 2. The molecule has 0 fully saturated rings. The monoisotopic (exact) mass is 573 g/mol. The standard InChI is InChI=1S/C28H29Cl2N3O6/c1-16(2)13-23(32-26(34)17(3)38-25-11-9-20(29)14-22(25)30)27(35)33-31-15-21-10-12-24(39-21)18-5-7-19(8-6-18)28(36)37-4/h5-12,14-17,23H,13H2,1-4H3,(H,32,34)(H,33,35)/b31-15-/t17-,23+/m0/s1. The Morgan fingerprint density at radius 3 is 2.36 bits per heavy atom. The second kappa shape index (κ2) is 13.8. The van der Waals surface area contributed by atoms with Gasteiger partial charge >= 0.3 is 5.97 Å². The highest BCUT2D eigenvalue weighted by Crippen LogP contribution is 2.28. The van der Waals surface area contributed by atoms with Gasteiger partial charge in [-0.25, -0.2) is 10.2 Å². The molecule has 0 spiro atoms. The molecule has 3 rings (SSSR count). The molecule has 1 aromatic heterocycles. The van der Waals surface area contributed by atoms with Gasteiger partial charge in [0.25, 0.3) is 11.8 Å². The van der Waals surface area contributed by atoms with Gasteiger partial charge in [0.15, 0.2) is 6.10 Å². The van der Waals surface area contributed by atoms with Crippen LogP contribution in [0.3, 0.4) is 0 Å². The lowest BCUT2D eigenvalue weighted by molar-refractivity contribution is -0.132. The second-order valence-corrected chi connectivity index (χ2v) is 9.87. The fraction of sp³-hybridized carbons (Fsp3) is 0.286. The van der Waals surface area contributed by atoms with E-state index in [1.165, 1.54) is 19.4 Å². The van der Waals surface area contributed by atoms with Crippen molar-refractivity contribution in [3.05, 3.63) is 76.0 Å². The van der Waals surface area contributed by atoms with E-state index in [-0.39, 0.29) is 10.9 Å². The van der Waals surface area contributed by atoms with Crippen LogP contribution >= 0.6 is 23.2 Å². The molecule has 0 unspecified atom stereocenters. The molecule has 1 heterocycles. The Bertz CT molecular complexity index is 1340. The van der Waals surface area contributed by atoms with Crippen LogP contribution in [0.25, 0.3) is 11.3 Å². The predicted molar refractivity (Wildman–Crippen MR) is 149 cm³/mol. The minimum absolute atomic E-state index is 0.116. The number of carbonyl (C=O) groups is 3. The van der Waals surface area contributed by atoms with Crippen LogP contribution < -0.4 is 15.5 Å². The first-order valence-corrected chi connectivity index (χ1v) is 12.9. The zero-order valence-electron chi connectivity index (χ0n) is 21.9. The van der Waals surface area contributed by atoms with E-state index < -0.39 is 29.9 Å². The molecule has 11 heteroatoms. The topological polar surface area (TPSA) is 119 Å². The highest BCUT2D eigenvalue weighted by atomic mass is 35.5. The maximum Gasteiger partial charge on any atom is 0.337 e. The molecule has 2 amide bonds. The van der Waals surface area contributed by atoms with Gasteiger partial charge in [-0.1, -0.05) is 49.2 Å². The molecule has 0 saturated carbocycles. The fourth-order valence-electron chi connectivity index (χ4n) is 3.51. The van der Waals surface area contributed by atoms with E-state index in [0.29, 0.717) is 34.3 Å². The van der Waals surface area contributed by atoms with Crippen molar-refractivity contribution in [3.8, 4) is 17.1 Å². The van der Waals surface area contributed by atoms with Crippen LogP contribution in [-0.4, -0.2) is 43.3 Å². The quantitative estimate of drug-likeness (QED) is 0.178. The SMILES string of the molecule is COC(=O)c1ccc(-c2ccc(/C=N\NC(=O)[C@@H](CC(C)C)NC(=O)[C@H](C)Oc3ccc(Cl)cc3Cl)o2)cc1. The smallest absolute Gasteiger partial charge is 0.337 e. The van der Waals surface area contributed by atoms with E-state index in [1.807, 2.05) is 13.8 Å². The number of hydrogen-bond acceptors (Lipinski definition) is 7. The van der Waals surface area contributed by atoms with Crippen LogP contribution in [0.2, 0.25) is 10.0 Å². The molecular weight excluding hydrogens is 545 g/mol. The van der Waals surface area contributed by atoms with Gasteiger partial charge in [0.1, 0.15) is 23.3 Å². The van der Waals surface area contributed by atoms with Crippen LogP contribution in [0, 0.1) is 5.92 Å². The Balaban J connectivity index is 1.59. The minimum Gasteiger partial charge on any atom is -0.479 e. The van der Waals surface area contributed by atoms with Crippen LogP contribution in [0.1, 0.15) is 43.3 Å². The van der Waals surface area contributed by atoms with Gasteiger partial charge in [-0.3, -0.25) is 9.59 Å². The zero-order chi connectivity index (χ0) is 28.5. The van der Waals surface area contributed by atoms with Crippen molar-refractivity contribution >= 4 is 47.2 Å². The van der Waals surface area contributed by atoms with E-state index in [9.17, 15) is 14.4 Å². The summed E-state index contributed by atoms with van der Waals surface area (Å²) in [6, 6.07) is 14.0. The number of methoxy groups -OCH3 is 1. The number of hydrazone groups is 1. The first-order valence-electron chi connectivity index (χ1n) is 12.1. The van der Waals surface area contributed by atoms with E-state index in [0.717, 1.165) is 5.56 Å². The van der Waals surface area contributed by atoms with Crippen molar-refractivity contribution < 1.29 is 28.3 Å². The molecule has 39 heavy (non-hydrogen) atoms. The van der Waals surface area contributed by atoms with Gasteiger partial charge in [0.05, 0.1) is 23.9 Å². The third-order valence-electron chi connectivity index (χ3n) is 5.49. The number of furan rings is 1. The Kier molecular flexibility index (Phi) is 10.5. The Hall–Kier alpha value is -3.82. The number of amides is 2. The summed E-state index contributed by atoms with van der Waals surface area (Å²) in [5.74, 6) is -0.0347. The molecule has 3 aromatic rings. The summed E-state index contributed by atoms with van der Waals surface area (Å²) in [5.41, 5.74) is 3.63. The molecule has 2 aromatic carbocycles. The number of halogens is 2. The van der Waals surface area contributed by atoms with E-state index >= 15 is 0 Å². The highest BCUT2D eigenvalue weighted by molar-refractivity contribution is 6.35. The molecule has 0 bridgehead atoms. The van der Waals surface area contributed by atoms with Crippen molar-refractivity contribution in [2.24, 2.45) is 11.0 Å². The van der Waals surface area contributed by atoms with E-state index in [4.69, 9.17) is 37.1 Å². The molecule has 206 valence electrons. The van der Waals surface area contributed by atoms with E-state index in [2.05, 4.69) is 15.8 Å². The normalized spacial score (nSPS) is 12.7. The highest BCUT2D eigenvalue weighted by Gasteiger charge is 2.25. The molecule has 9 nitrogen and oxygen atoms in total. The van der Waals surface area contributed by atoms with Crippen molar-refractivity contribution in [2.45, 2.75) is 39.3 Å². The third-order valence-corrected chi connectivity index (χ3v) is 6.02. The number of ether oxygens (including phenoxy) is 2. The first-order chi connectivity index (χ1) is 18.6. The number of nitrogens with one attached hydrogen (secondary N) is 2. The molecule has 2 N–H and O–H groups in total. The van der Waals surface area contributed by atoms with Crippen LogP contribution in [0.15, 0.2) is 64.1 Å². The van der Waals surface area contributed by atoms with Crippen LogP contribution in [-0.2, 0) is 14.3 Å². The van der Waals surface area contributed by atoms with Gasteiger partial charge in [-0.2, -0.15) is 5.10 Å². The third kappa shape index (κ3) is 8.59. The molecule has 0 aliphatic rings. The van der Waals surface area contributed by atoms with Crippen molar-refractivity contribution in [3.63, 3.8) is 0 Å². The summed E-state index contributed by atoms with van der Waals surface area (Å²) in [6.07, 6.45) is 0.818. The first kappa shape index (κ1) is 29.7. The number of benzene rings is 2. The van der Waals surface area contributed by atoms with Crippen molar-refractivity contribution in [2.75, 3.05) is 7.11 Å². The van der Waals surface area contributed by atoms with Gasteiger partial charge in [-0.15, -0.1) is 0 Å². The maximum absolute atomic E-state index is 12.8. The molecule has 0 aliphatic carbocycles. The van der Waals surface area contributed by atoms with Gasteiger partial charge < -0.3 is 19.2 Å². The zero-order valence-corrected chi connectivity index (χ0v) is 23.4. The number of carbonyl (C=O) groups excluding carboxylic acids is 3. The molecule has 2 atom stereocenters. The van der Waals surface area contributed by atoms with Crippen molar-refractivity contribution in [1.82, 2.24) is 10.7 Å². The average molecular weight is 574 g/mol. The van der Waals surface area contributed by atoms with Gasteiger partial charge in [0, 0.05) is 10.6 Å².